The minimum Gasteiger partial charge on any atom is -0.467 e. The van der Waals surface area contributed by atoms with Gasteiger partial charge in [-0.05, 0) is 25.1 Å². The predicted molar refractivity (Wildman–Crippen MR) is 82.7 cm³/mol. The summed E-state index contributed by atoms with van der Waals surface area (Å²) in [5, 5.41) is 0.674. The fourth-order valence-electron chi connectivity index (χ4n) is 2.75. The van der Waals surface area contributed by atoms with Crippen LogP contribution in [0, 0.1) is 0 Å². The van der Waals surface area contributed by atoms with Crippen LogP contribution in [0.5, 0.6) is 0 Å². The molecule has 3 rings (SSSR count). The molecule has 2 heterocycles. The van der Waals surface area contributed by atoms with Crippen molar-refractivity contribution in [2.24, 2.45) is 0 Å². The number of imidazole rings is 1. The number of fused-ring (bicyclic) bond motifs is 1. The third-order valence-electron chi connectivity index (χ3n) is 3.67. The average Bonchev–Trinajstić information content (AvgIpc) is 2.86. The Hall–Kier alpha value is -1.63. The van der Waals surface area contributed by atoms with E-state index < -0.39 is 6.10 Å². The van der Waals surface area contributed by atoms with Crippen LogP contribution in [0.25, 0.3) is 11.0 Å². The van der Waals surface area contributed by atoms with Crippen LogP contribution in [0.2, 0.25) is 5.02 Å². The molecular weight excluding hydrogens is 306 g/mol. The second kappa shape index (κ2) is 6.24. The maximum Gasteiger partial charge on any atom is 0.336 e. The van der Waals surface area contributed by atoms with Crippen LogP contribution in [0.15, 0.2) is 18.2 Å². The van der Waals surface area contributed by atoms with Gasteiger partial charge < -0.3 is 14.5 Å². The molecule has 118 valence electrons. The Bertz CT molecular complexity index is 688. The first-order valence-electron chi connectivity index (χ1n) is 7.15. The summed E-state index contributed by atoms with van der Waals surface area (Å²) in [7, 11) is 1.37. The summed E-state index contributed by atoms with van der Waals surface area (Å²) in [6, 6.07) is 5.56. The highest BCUT2D eigenvalue weighted by Gasteiger charge is 2.31. The van der Waals surface area contributed by atoms with E-state index in [0.717, 1.165) is 23.4 Å². The SMILES string of the molecule is COC(=O)[C@@H]1CN(Cc2nc3ccc(Cl)cc3[nH]2)C[C@@H](C)O1. The molecule has 0 spiro atoms. The van der Waals surface area contributed by atoms with E-state index in [2.05, 4.69) is 14.9 Å². The van der Waals surface area contributed by atoms with Crippen LogP contribution in [0.4, 0.5) is 0 Å². The van der Waals surface area contributed by atoms with Gasteiger partial charge in [-0.25, -0.2) is 9.78 Å². The van der Waals surface area contributed by atoms with E-state index in [1.807, 2.05) is 25.1 Å². The summed E-state index contributed by atoms with van der Waals surface area (Å²) < 4.78 is 10.4. The molecule has 2 aromatic rings. The van der Waals surface area contributed by atoms with Gasteiger partial charge in [0.1, 0.15) is 5.82 Å². The van der Waals surface area contributed by atoms with Crippen molar-refractivity contribution in [3.05, 3.63) is 29.0 Å². The summed E-state index contributed by atoms with van der Waals surface area (Å²) in [6.45, 7) is 3.80. The third-order valence-corrected chi connectivity index (χ3v) is 3.90. The lowest BCUT2D eigenvalue weighted by molar-refractivity contribution is -0.166. The molecule has 0 aliphatic carbocycles. The number of methoxy groups -OCH3 is 1. The topological polar surface area (TPSA) is 67.5 Å². The number of carbonyl (C=O) groups is 1. The predicted octanol–water partition coefficient (Wildman–Crippen LogP) is 1.98. The van der Waals surface area contributed by atoms with Crippen LogP contribution in [-0.2, 0) is 20.8 Å². The van der Waals surface area contributed by atoms with Crippen molar-refractivity contribution in [1.82, 2.24) is 14.9 Å². The third kappa shape index (κ3) is 3.24. The van der Waals surface area contributed by atoms with Crippen molar-refractivity contribution in [2.45, 2.75) is 25.7 Å². The van der Waals surface area contributed by atoms with Crippen molar-refractivity contribution in [2.75, 3.05) is 20.2 Å². The Kier molecular flexibility index (Phi) is 4.33. The van der Waals surface area contributed by atoms with Crippen LogP contribution in [0.1, 0.15) is 12.7 Å². The number of esters is 1. The number of nitrogens with zero attached hydrogens (tertiary/aromatic N) is 2. The van der Waals surface area contributed by atoms with Crippen molar-refractivity contribution < 1.29 is 14.3 Å². The van der Waals surface area contributed by atoms with Crippen molar-refractivity contribution >= 4 is 28.6 Å². The summed E-state index contributed by atoms with van der Waals surface area (Å²) in [5.74, 6) is 0.503. The van der Waals surface area contributed by atoms with Crippen molar-refractivity contribution in [1.29, 1.82) is 0 Å². The number of hydrogen-bond donors (Lipinski definition) is 1. The van der Waals surface area contributed by atoms with Crippen LogP contribution in [0.3, 0.4) is 0 Å². The second-order valence-electron chi connectivity index (χ2n) is 5.50. The van der Waals surface area contributed by atoms with Gasteiger partial charge in [-0.3, -0.25) is 4.90 Å². The lowest BCUT2D eigenvalue weighted by Gasteiger charge is -2.34. The first-order valence-corrected chi connectivity index (χ1v) is 7.52. The molecule has 1 fully saturated rings. The molecule has 0 unspecified atom stereocenters. The number of nitrogens with one attached hydrogen (secondary N) is 1. The number of rotatable bonds is 3. The van der Waals surface area contributed by atoms with Crippen molar-refractivity contribution in [3.8, 4) is 0 Å². The fourth-order valence-corrected chi connectivity index (χ4v) is 2.92. The Morgan fingerprint density at radius 2 is 2.36 bits per heavy atom. The molecule has 6 nitrogen and oxygen atoms in total. The zero-order chi connectivity index (χ0) is 15.7. The molecule has 1 saturated heterocycles. The molecule has 0 saturated carbocycles. The van der Waals surface area contributed by atoms with Crippen LogP contribution < -0.4 is 0 Å². The molecule has 2 atom stereocenters. The number of carbonyl (C=O) groups excluding carboxylic acids is 1. The van der Waals surface area contributed by atoms with Gasteiger partial charge in [-0.15, -0.1) is 0 Å². The molecule has 1 N–H and O–H groups in total. The van der Waals surface area contributed by atoms with Gasteiger partial charge in [0, 0.05) is 18.1 Å². The smallest absolute Gasteiger partial charge is 0.336 e. The lowest BCUT2D eigenvalue weighted by Crippen LogP contribution is -2.49. The van der Waals surface area contributed by atoms with Gasteiger partial charge in [-0.1, -0.05) is 11.6 Å². The Morgan fingerprint density at radius 1 is 1.55 bits per heavy atom. The number of aromatic nitrogens is 2. The van der Waals surface area contributed by atoms with Gasteiger partial charge in [0.15, 0.2) is 6.10 Å². The first kappa shape index (κ1) is 15.3. The van der Waals surface area contributed by atoms with Crippen LogP contribution in [-0.4, -0.2) is 53.2 Å². The monoisotopic (exact) mass is 323 g/mol. The zero-order valence-corrected chi connectivity index (χ0v) is 13.3. The highest BCUT2D eigenvalue weighted by atomic mass is 35.5. The highest BCUT2D eigenvalue weighted by molar-refractivity contribution is 6.31. The Balaban J connectivity index is 1.74. The maximum absolute atomic E-state index is 11.7. The van der Waals surface area contributed by atoms with E-state index in [1.54, 1.807) is 0 Å². The molecule has 1 aliphatic rings. The zero-order valence-electron chi connectivity index (χ0n) is 12.5. The molecule has 1 aromatic heterocycles. The highest BCUT2D eigenvalue weighted by Crippen LogP contribution is 2.19. The van der Waals surface area contributed by atoms with E-state index in [9.17, 15) is 4.79 Å². The van der Waals surface area contributed by atoms with E-state index in [1.165, 1.54) is 7.11 Å². The number of morpholine rings is 1. The number of halogens is 1. The van der Waals surface area contributed by atoms with E-state index in [4.69, 9.17) is 21.1 Å². The van der Waals surface area contributed by atoms with Gasteiger partial charge in [0.05, 0.1) is 30.8 Å². The normalized spacial score (nSPS) is 22.9. The summed E-state index contributed by atoms with van der Waals surface area (Å²) in [4.78, 5) is 21.6. The quantitative estimate of drug-likeness (QED) is 0.875. The van der Waals surface area contributed by atoms with Gasteiger partial charge >= 0.3 is 5.97 Å². The van der Waals surface area contributed by atoms with Gasteiger partial charge in [-0.2, -0.15) is 0 Å². The standard InChI is InChI=1S/C15H18ClN3O3/c1-9-6-19(7-13(22-9)15(20)21-2)8-14-17-11-4-3-10(16)5-12(11)18-14/h3-5,9,13H,6-8H2,1-2H3,(H,17,18)/t9-,13+/m1/s1. The van der Waals surface area contributed by atoms with Gasteiger partial charge in [0.25, 0.3) is 0 Å². The Morgan fingerprint density at radius 3 is 3.14 bits per heavy atom. The lowest BCUT2D eigenvalue weighted by atomic mass is 10.2. The molecule has 0 radical (unpaired) electrons. The minimum absolute atomic E-state index is 0.0309. The Labute approximate surface area is 133 Å². The molecule has 1 aromatic carbocycles. The van der Waals surface area contributed by atoms with Gasteiger partial charge in [0.2, 0.25) is 0 Å². The number of benzene rings is 1. The van der Waals surface area contributed by atoms with Crippen molar-refractivity contribution in [3.63, 3.8) is 0 Å². The number of aromatic amines is 1. The maximum atomic E-state index is 11.7. The molecule has 0 amide bonds. The summed E-state index contributed by atoms with van der Waals surface area (Å²) in [6.07, 6.45) is -0.579. The molecule has 22 heavy (non-hydrogen) atoms. The molecule has 1 aliphatic heterocycles. The molecular formula is C15H18ClN3O3. The van der Waals surface area contributed by atoms with E-state index in [0.29, 0.717) is 18.1 Å². The average molecular weight is 324 g/mol. The minimum atomic E-state index is -0.549. The fraction of sp³-hybridized carbons (Fsp3) is 0.467. The summed E-state index contributed by atoms with van der Waals surface area (Å²) >= 11 is 5.98. The number of hydrogen-bond acceptors (Lipinski definition) is 5. The number of H-pyrrole nitrogens is 1. The van der Waals surface area contributed by atoms with E-state index >= 15 is 0 Å². The molecule has 0 bridgehead atoms. The largest absolute Gasteiger partial charge is 0.467 e. The molecule has 7 heteroatoms. The number of ether oxygens (including phenoxy) is 2. The summed E-state index contributed by atoms with van der Waals surface area (Å²) in [5.41, 5.74) is 1.79. The second-order valence-corrected chi connectivity index (χ2v) is 5.93. The van der Waals surface area contributed by atoms with Crippen LogP contribution >= 0.6 is 11.6 Å². The first-order chi connectivity index (χ1) is 10.5. The van der Waals surface area contributed by atoms with E-state index in [-0.39, 0.29) is 12.1 Å².